The molecule has 4 rings (SSSR count). The highest BCUT2D eigenvalue weighted by Gasteiger charge is 2.16. The van der Waals surface area contributed by atoms with Crippen LogP contribution in [0.5, 0.6) is 0 Å². The normalized spacial score (nSPS) is 10.7. The summed E-state index contributed by atoms with van der Waals surface area (Å²) in [5.74, 6) is 0.592. The van der Waals surface area contributed by atoms with E-state index in [2.05, 4.69) is 20.7 Å². The summed E-state index contributed by atoms with van der Waals surface area (Å²) in [6, 6.07) is 24.9. The second-order valence-electron chi connectivity index (χ2n) is 7.52. The molecule has 0 unspecified atom stereocenters. The van der Waals surface area contributed by atoms with Gasteiger partial charge in [0.05, 0.1) is 0 Å². The quantitative estimate of drug-likeness (QED) is 0.304. The van der Waals surface area contributed by atoms with Crippen molar-refractivity contribution in [1.82, 2.24) is 14.8 Å². The summed E-state index contributed by atoms with van der Waals surface area (Å²) in [6.07, 6.45) is 0.936. The van der Waals surface area contributed by atoms with Crippen molar-refractivity contribution in [2.45, 2.75) is 25.9 Å². The summed E-state index contributed by atoms with van der Waals surface area (Å²) in [5.41, 5.74) is 3.06. The molecule has 0 radical (unpaired) electrons. The molecular formula is C25H23Cl2N5O. The molecule has 8 heteroatoms. The van der Waals surface area contributed by atoms with Crippen LogP contribution < -0.4 is 10.6 Å². The van der Waals surface area contributed by atoms with E-state index in [1.807, 2.05) is 78.9 Å². The number of carbonyl (C=O) groups excluding carboxylic acids is 1. The summed E-state index contributed by atoms with van der Waals surface area (Å²) in [4.78, 5) is 17.5. The van der Waals surface area contributed by atoms with Crippen LogP contribution in [0.25, 0.3) is 0 Å². The molecule has 0 fully saturated rings. The Hall–Kier alpha value is -3.35. The second kappa shape index (κ2) is 11.0. The molecule has 0 atom stereocenters. The van der Waals surface area contributed by atoms with Crippen molar-refractivity contribution in [3.8, 4) is 0 Å². The third kappa shape index (κ3) is 6.57. The SMILES string of the molecule is O=C(CCc1ccccc1)n1nc(NCc2cccc(Cl)c2)nc1NCc1cccc(Cl)c1. The number of nitrogens with one attached hydrogen (secondary N) is 2. The number of aromatic nitrogens is 3. The van der Waals surface area contributed by atoms with Gasteiger partial charge in [-0.25, -0.2) is 0 Å². The maximum atomic E-state index is 13.0. The van der Waals surface area contributed by atoms with Gasteiger partial charge in [-0.15, -0.1) is 5.10 Å². The average Bonchev–Trinajstić information content (AvgIpc) is 3.24. The number of carbonyl (C=O) groups is 1. The van der Waals surface area contributed by atoms with Gasteiger partial charge in [0.1, 0.15) is 0 Å². The van der Waals surface area contributed by atoms with Gasteiger partial charge in [-0.1, -0.05) is 77.8 Å². The predicted octanol–water partition coefficient (Wildman–Crippen LogP) is 6.08. The van der Waals surface area contributed by atoms with Gasteiger partial charge in [-0.05, 0) is 47.4 Å². The Balaban J connectivity index is 1.49. The Morgan fingerprint density at radius 2 is 1.39 bits per heavy atom. The van der Waals surface area contributed by atoms with Crippen LogP contribution in [0.2, 0.25) is 10.0 Å². The average molecular weight is 480 g/mol. The van der Waals surface area contributed by atoms with Crippen LogP contribution in [0.3, 0.4) is 0 Å². The number of halogens is 2. The Kier molecular flexibility index (Phi) is 7.60. The maximum Gasteiger partial charge on any atom is 0.250 e. The molecule has 0 spiro atoms. The lowest BCUT2D eigenvalue weighted by Gasteiger charge is -2.07. The second-order valence-corrected chi connectivity index (χ2v) is 8.39. The Morgan fingerprint density at radius 1 is 0.788 bits per heavy atom. The van der Waals surface area contributed by atoms with Crippen LogP contribution in [0, 0.1) is 0 Å². The molecule has 1 aromatic heterocycles. The van der Waals surface area contributed by atoms with Crippen LogP contribution in [0.15, 0.2) is 78.9 Å². The lowest BCUT2D eigenvalue weighted by molar-refractivity contribution is 0.0890. The molecule has 0 saturated heterocycles. The van der Waals surface area contributed by atoms with Gasteiger partial charge >= 0.3 is 0 Å². The molecule has 3 aromatic carbocycles. The van der Waals surface area contributed by atoms with Crippen LogP contribution >= 0.6 is 23.2 Å². The Morgan fingerprint density at radius 3 is 2.03 bits per heavy atom. The summed E-state index contributed by atoms with van der Waals surface area (Å²) in [6.45, 7) is 0.940. The largest absolute Gasteiger partial charge is 0.350 e. The number of hydrogen-bond donors (Lipinski definition) is 2. The fourth-order valence-electron chi connectivity index (χ4n) is 3.33. The topological polar surface area (TPSA) is 71.8 Å². The van der Waals surface area contributed by atoms with Gasteiger partial charge in [0.25, 0.3) is 0 Å². The first-order chi connectivity index (χ1) is 16.1. The first-order valence-corrected chi connectivity index (χ1v) is 11.3. The molecule has 6 nitrogen and oxygen atoms in total. The van der Waals surface area contributed by atoms with E-state index < -0.39 is 0 Å². The van der Waals surface area contributed by atoms with Crippen LogP contribution in [-0.2, 0) is 19.5 Å². The molecule has 168 valence electrons. The highest BCUT2D eigenvalue weighted by Crippen LogP contribution is 2.17. The minimum atomic E-state index is -0.143. The fraction of sp³-hybridized carbons (Fsp3) is 0.160. The Bertz CT molecular complexity index is 1230. The highest BCUT2D eigenvalue weighted by molar-refractivity contribution is 6.30. The van der Waals surface area contributed by atoms with Crippen molar-refractivity contribution in [3.05, 3.63) is 106 Å². The van der Waals surface area contributed by atoms with Crippen molar-refractivity contribution < 1.29 is 4.79 Å². The molecule has 0 amide bonds. The van der Waals surface area contributed by atoms with Gasteiger partial charge < -0.3 is 10.6 Å². The van der Waals surface area contributed by atoms with E-state index in [9.17, 15) is 4.79 Å². The molecule has 33 heavy (non-hydrogen) atoms. The smallest absolute Gasteiger partial charge is 0.250 e. The van der Waals surface area contributed by atoms with Crippen LogP contribution in [-0.4, -0.2) is 20.7 Å². The van der Waals surface area contributed by atoms with Gasteiger partial charge in [0, 0.05) is 29.6 Å². The van der Waals surface area contributed by atoms with E-state index in [1.54, 1.807) is 0 Å². The van der Waals surface area contributed by atoms with Gasteiger partial charge in [0.15, 0.2) is 0 Å². The molecule has 1 heterocycles. The molecule has 2 N–H and O–H groups in total. The van der Waals surface area contributed by atoms with E-state index >= 15 is 0 Å². The third-order valence-electron chi connectivity index (χ3n) is 4.99. The van der Waals surface area contributed by atoms with E-state index in [0.717, 1.165) is 16.7 Å². The number of anilines is 2. The molecule has 0 saturated carbocycles. The van der Waals surface area contributed by atoms with Crippen molar-refractivity contribution >= 4 is 41.0 Å². The standard InChI is InChI=1S/C25H23Cl2N5O/c26-21-10-4-8-19(14-21)16-28-24-30-25(29-17-20-9-5-11-22(27)15-20)32(31-24)23(33)13-12-18-6-2-1-3-7-18/h1-11,14-15H,12-13,16-17H2,(H2,28,29,30,31). The lowest BCUT2D eigenvalue weighted by atomic mass is 10.1. The third-order valence-corrected chi connectivity index (χ3v) is 5.46. The van der Waals surface area contributed by atoms with Gasteiger partial charge in [0.2, 0.25) is 17.8 Å². The molecule has 4 aromatic rings. The predicted molar refractivity (Wildman–Crippen MR) is 133 cm³/mol. The first-order valence-electron chi connectivity index (χ1n) is 10.6. The molecule has 0 aliphatic rings. The van der Waals surface area contributed by atoms with E-state index in [4.69, 9.17) is 23.2 Å². The number of nitrogens with zero attached hydrogens (tertiary/aromatic N) is 3. The maximum absolute atomic E-state index is 13.0. The highest BCUT2D eigenvalue weighted by atomic mass is 35.5. The molecular weight excluding hydrogens is 457 g/mol. The minimum absolute atomic E-state index is 0.143. The van der Waals surface area contributed by atoms with Crippen LogP contribution in [0.1, 0.15) is 27.9 Å². The monoisotopic (exact) mass is 479 g/mol. The summed E-state index contributed by atoms with van der Waals surface area (Å²) in [5, 5.41) is 12.1. The number of rotatable bonds is 9. The zero-order chi connectivity index (χ0) is 23.0. The zero-order valence-corrected chi connectivity index (χ0v) is 19.4. The Labute approximate surface area is 202 Å². The number of benzene rings is 3. The van der Waals surface area contributed by atoms with Crippen LogP contribution in [0.4, 0.5) is 11.9 Å². The minimum Gasteiger partial charge on any atom is -0.350 e. The number of aryl methyl sites for hydroxylation is 1. The summed E-state index contributed by atoms with van der Waals surface area (Å²) >= 11 is 12.2. The first kappa shape index (κ1) is 22.8. The van der Waals surface area contributed by atoms with Gasteiger partial charge in [-0.2, -0.15) is 9.67 Å². The summed E-state index contributed by atoms with van der Waals surface area (Å²) < 4.78 is 1.33. The van der Waals surface area contributed by atoms with Crippen molar-refractivity contribution in [1.29, 1.82) is 0 Å². The van der Waals surface area contributed by atoms with Crippen molar-refractivity contribution in [2.75, 3.05) is 10.6 Å². The molecule has 0 aliphatic heterocycles. The zero-order valence-electron chi connectivity index (χ0n) is 17.8. The molecule has 0 aliphatic carbocycles. The van der Waals surface area contributed by atoms with Crippen molar-refractivity contribution in [2.24, 2.45) is 0 Å². The van der Waals surface area contributed by atoms with Crippen molar-refractivity contribution in [3.63, 3.8) is 0 Å². The number of hydrogen-bond acceptors (Lipinski definition) is 5. The fourth-order valence-corrected chi connectivity index (χ4v) is 3.76. The molecule has 0 bridgehead atoms. The summed E-state index contributed by atoms with van der Waals surface area (Å²) in [7, 11) is 0. The van der Waals surface area contributed by atoms with E-state index in [-0.39, 0.29) is 5.91 Å². The lowest BCUT2D eigenvalue weighted by Crippen LogP contribution is -2.17. The van der Waals surface area contributed by atoms with E-state index in [1.165, 1.54) is 4.68 Å². The van der Waals surface area contributed by atoms with E-state index in [0.29, 0.717) is 47.9 Å². The van der Waals surface area contributed by atoms with Gasteiger partial charge in [-0.3, -0.25) is 4.79 Å².